The lowest BCUT2D eigenvalue weighted by atomic mass is 10.0. The molecule has 182 valence electrons. The van der Waals surface area contributed by atoms with Crippen molar-refractivity contribution < 1.29 is 18.0 Å². The number of carbonyl (C=O) groups excluding carboxylic acids is 2. The van der Waals surface area contributed by atoms with Crippen LogP contribution in [0.25, 0.3) is 0 Å². The summed E-state index contributed by atoms with van der Waals surface area (Å²) in [5.74, 6) is -0.292. The molecule has 3 aromatic carbocycles. The topological polar surface area (TPSA) is 83.6 Å². The van der Waals surface area contributed by atoms with Gasteiger partial charge >= 0.3 is 0 Å². The Kier molecular flexibility index (Phi) is 7.40. The highest BCUT2D eigenvalue weighted by molar-refractivity contribution is 7.89. The molecule has 4 rings (SSSR count). The molecule has 0 aliphatic carbocycles. The summed E-state index contributed by atoms with van der Waals surface area (Å²) >= 11 is 6.14. The first-order chi connectivity index (χ1) is 16.7. The summed E-state index contributed by atoms with van der Waals surface area (Å²) in [6.45, 7) is 4.79. The van der Waals surface area contributed by atoms with E-state index in [9.17, 15) is 18.0 Å². The number of hydrogen-bond acceptors (Lipinski definition) is 4. The molecule has 0 spiro atoms. The van der Waals surface area contributed by atoms with Crippen LogP contribution in [-0.4, -0.2) is 37.5 Å². The van der Waals surface area contributed by atoms with Crippen molar-refractivity contribution in [3.8, 4) is 0 Å². The number of aryl methyl sites for hydroxylation is 1. The Hall–Kier alpha value is -3.00. The van der Waals surface area contributed by atoms with Crippen LogP contribution in [0.4, 0.5) is 5.69 Å². The summed E-state index contributed by atoms with van der Waals surface area (Å²) in [5.41, 5.74) is 1.86. The van der Waals surface area contributed by atoms with Crippen LogP contribution in [0.3, 0.4) is 0 Å². The van der Waals surface area contributed by atoms with Gasteiger partial charge in [0.2, 0.25) is 10.0 Å². The van der Waals surface area contributed by atoms with E-state index in [0.29, 0.717) is 40.8 Å². The molecule has 0 atom stereocenters. The number of rotatable bonds is 6. The normalized spacial score (nSPS) is 15.1. The Bertz CT molecular complexity index is 1370. The summed E-state index contributed by atoms with van der Waals surface area (Å²) < 4.78 is 27.9. The number of benzene rings is 3. The van der Waals surface area contributed by atoms with Crippen molar-refractivity contribution in [2.24, 2.45) is 5.92 Å². The van der Waals surface area contributed by atoms with Crippen molar-refractivity contribution >= 4 is 39.0 Å². The van der Waals surface area contributed by atoms with E-state index in [2.05, 4.69) is 12.2 Å². The summed E-state index contributed by atoms with van der Waals surface area (Å²) in [7, 11) is -3.71. The smallest absolute Gasteiger partial charge is 0.255 e. The molecule has 1 aliphatic rings. The minimum atomic E-state index is -3.71. The van der Waals surface area contributed by atoms with Gasteiger partial charge in [0.05, 0.1) is 10.6 Å². The van der Waals surface area contributed by atoms with E-state index in [1.165, 1.54) is 22.5 Å². The Morgan fingerprint density at radius 2 is 1.63 bits per heavy atom. The maximum absolute atomic E-state index is 13.3. The van der Waals surface area contributed by atoms with Crippen molar-refractivity contribution in [3.05, 3.63) is 94.0 Å². The molecule has 1 aliphatic heterocycles. The maximum Gasteiger partial charge on any atom is 0.255 e. The van der Waals surface area contributed by atoms with Crippen molar-refractivity contribution in [1.29, 1.82) is 0 Å². The molecule has 0 bridgehead atoms. The predicted octanol–water partition coefficient (Wildman–Crippen LogP) is 5.55. The number of sulfonamides is 1. The van der Waals surface area contributed by atoms with Gasteiger partial charge in [0, 0.05) is 34.8 Å². The van der Waals surface area contributed by atoms with Crippen molar-refractivity contribution in [3.63, 3.8) is 0 Å². The fourth-order valence-corrected chi connectivity index (χ4v) is 5.80. The first-order valence-electron chi connectivity index (χ1n) is 11.5. The Morgan fingerprint density at radius 1 is 0.943 bits per heavy atom. The molecule has 35 heavy (non-hydrogen) atoms. The quantitative estimate of drug-likeness (QED) is 0.440. The van der Waals surface area contributed by atoms with Crippen LogP contribution in [0, 0.1) is 12.8 Å². The van der Waals surface area contributed by atoms with Crippen LogP contribution in [0.5, 0.6) is 0 Å². The molecule has 1 fully saturated rings. The lowest BCUT2D eigenvalue weighted by Crippen LogP contribution is -2.38. The number of carbonyl (C=O) groups is 2. The highest BCUT2D eigenvalue weighted by atomic mass is 35.5. The van der Waals surface area contributed by atoms with Gasteiger partial charge in [0.25, 0.3) is 5.91 Å². The van der Waals surface area contributed by atoms with E-state index >= 15 is 0 Å². The van der Waals surface area contributed by atoms with Crippen LogP contribution < -0.4 is 5.32 Å². The molecular weight excluding hydrogens is 484 g/mol. The average Bonchev–Trinajstić information content (AvgIpc) is 2.85. The van der Waals surface area contributed by atoms with Crippen LogP contribution >= 0.6 is 11.6 Å². The molecule has 1 N–H and O–H groups in total. The second kappa shape index (κ2) is 10.3. The summed E-state index contributed by atoms with van der Waals surface area (Å²) in [6.07, 6.45) is 1.63. The van der Waals surface area contributed by atoms with E-state index in [0.717, 1.165) is 12.8 Å². The fraction of sp³-hybridized carbons (Fsp3) is 0.259. The van der Waals surface area contributed by atoms with Crippen LogP contribution in [0.1, 0.15) is 51.6 Å². The van der Waals surface area contributed by atoms with E-state index in [1.807, 2.05) is 6.07 Å². The third kappa shape index (κ3) is 5.48. The minimum Gasteiger partial charge on any atom is -0.321 e. The molecule has 0 unspecified atom stereocenters. The van der Waals surface area contributed by atoms with E-state index < -0.39 is 15.9 Å². The summed E-state index contributed by atoms with van der Waals surface area (Å²) in [6, 6.07) is 17.9. The highest BCUT2D eigenvalue weighted by Gasteiger charge is 2.29. The molecule has 1 amide bonds. The first kappa shape index (κ1) is 25.1. The lowest BCUT2D eigenvalue weighted by Gasteiger charge is -2.29. The van der Waals surface area contributed by atoms with E-state index in [1.54, 1.807) is 49.4 Å². The Morgan fingerprint density at radius 3 is 2.31 bits per heavy atom. The van der Waals surface area contributed by atoms with E-state index in [-0.39, 0.29) is 21.8 Å². The molecular formula is C27H27ClN2O4S. The number of piperidine rings is 1. The predicted molar refractivity (Wildman–Crippen MR) is 138 cm³/mol. The van der Waals surface area contributed by atoms with Gasteiger partial charge in [-0.3, -0.25) is 9.59 Å². The van der Waals surface area contributed by atoms with Gasteiger partial charge < -0.3 is 5.32 Å². The number of nitrogens with zero attached hydrogens (tertiary/aromatic N) is 1. The highest BCUT2D eigenvalue weighted by Crippen LogP contribution is 2.27. The molecule has 0 saturated carbocycles. The van der Waals surface area contributed by atoms with Crippen LogP contribution in [0.15, 0.2) is 71.6 Å². The maximum atomic E-state index is 13.3. The molecule has 6 nitrogen and oxygen atoms in total. The van der Waals surface area contributed by atoms with Gasteiger partial charge in [-0.25, -0.2) is 8.42 Å². The van der Waals surface area contributed by atoms with Gasteiger partial charge in [-0.05, 0) is 61.6 Å². The average molecular weight is 511 g/mol. The molecule has 3 aromatic rings. The second-order valence-electron chi connectivity index (χ2n) is 8.90. The Labute approximate surface area is 211 Å². The zero-order chi connectivity index (χ0) is 25.2. The van der Waals surface area contributed by atoms with E-state index in [4.69, 9.17) is 11.6 Å². The standard InChI is InChI=1S/C27H27ClN2O4S/c1-18-12-14-30(15-13-18)35(33,34)22-10-8-19(2)23(17-22)27(32)29-25-11-9-21(28)16-24(25)26(31)20-6-4-3-5-7-20/h3-11,16-18H,12-15H2,1-2H3,(H,29,32). The third-order valence-corrected chi connectivity index (χ3v) is 8.47. The molecule has 0 aromatic heterocycles. The van der Waals surface area contributed by atoms with Gasteiger partial charge in [-0.2, -0.15) is 4.31 Å². The van der Waals surface area contributed by atoms with Gasteiger partial charge in [0.1, 0.15) is 0 Å². The summed E-state index contributed by atoms with van der Waals surface area (Å²) in [5, 5.41) is 3.15. The van der Waals surface area contributed by atoms with Gasteiger partial charge in [-0.15, -0.1) is 0 Å². The number of amides is 1. The molecule has 0 radical (unpaired) electrons. The fourth-order valence-electron chi connectivity index (χ4n) is 4.13. The molecule has 8 heteroatoms. The zero-order valence-electron chi connectivity index (χ0n) is 19.6. The lowest BCUT2D eigenvalue weighted by molar-refractivity contribution is 0.102. The van der Waals surface area contributed by atoms with Crippen molar-refractivity contribution in [2.45, 2.75) is 31.6 Å². The number of hydrogen-bond donors (Lipinski definition) is 1. The van der Waals surface area contributed by atoms with Gasteiger partial charge in [0.15, 0.2) is 5.78 Å². The van der Waals surface area contributed by atoms with Crippen LogP contribution in [-0.2, 0) is 10.0 Å². The van der Waals surface area contributed by atoms with Gasteiger partial charge in [-0.1, -0.05) is 54.9 Å². The third-order valence-electron chi connectivity index (χ3n) is 6.34. The Balaban J connectivity index is 1.63. The monoisotopic (exact) mass is 510 g/mol. The minimum absolute atomic E-state index is 0.0829. The number of halogens is 1. The largest absolute Gasteiger partial charge is 0.321 e. The summed E-state index contributed by atoms with van der Waals surface area (Å²) in [4.78, 5) is 26.4. The van der Waals surface area contributed by atoms with Crippen molar-refractivity contribution in [1.82, 2.24) is 4.31 Å². The van der Waals surface area contributed by atoms with Crippen molar-refractivity contribution in [2.75, 3.05) is 18.4 Å². The number of ketones is 1. The molecule has 1 saturated heterocycles. The second-order valence-corrected chi connectivity index (χ2v) is 11.3. The number of anilines is 1. The molecule has 1 heterocycles. The zero-order valence-corrected chi connectivity index (χ0v) is 21.2. The first-order valence-corrected chi connectivity index (χ1v) is 13.3. The number of nitrogens with one attached hydrogen (secondary N) is 1. The SMILES string of the molecule is Cc1ccc(S(=O)(=O)N2CCC(C)CC2)cc1C(=O)Nc1ccc(Cl)cc1C(=O)c1ccccc1. The van der Waals surface area contributed by atoms with Crippen LogP contribution in [0.2, 0.25) is 5.02 Å².